The minimum Gasteiger partial charge on any atom is -0.357 e. The van der Waals surface area contributed by atoms with Crippen LogP contribution in [0.15, 0.2) is 54.6 Å². The van der Waals surface area contributed by atoms with Crippen LogP contribution in [0.4, 0.5) is 0 Å². The van der Waals surface area contributed by atoms with Gasteiger partial charge in [0.15, 0.2) is 0 Å². The maximum absolute atomic E-state index is 12.9. The first kappa shape index (κ1) is 24.1. The number of nitrogens with one attached hydrogen (secondary N) is 2. The van der Waals surface area contributed by atoms with E-state index in [1.54, 1.807) is 37.4 Å². The standard InChI is InChI=1S/C25H30N4O4/c1-25(24(32)26-2,29-22(30)20-12-6-7-13-21(20)23(29)31)14-8-9-15-27-16-17-28(33)18-19-10-4-3-5-11-19/h3-7,10-13,17,27H,8-9,14-16,18H2,1-2H3,(H-,26,32,33)/p+1. The number of amides is 3. The lowest BCUT2D eigenvalue weighted by Gasteiger charge is -2.35. The number of hydroxylamine groups is 1. The summed E-state index contributed by atoms with van der Waals surface area (Å²) >= 11 is 0. The molecule has 174 valence electrons. The number of benzene rings is 2. The summed E-state index contributed by atoms with van der Waals surface area (Å²) in [5, 5.41) is 15.8. The molecule has 1 atom stereocenters. The Bertz CT molecular complexity index is 1000. The van der Waals surface area contributed by atoms with Gasteiger partial charge < -0.3 is 10.6 Å². The van der Waals surface area contributed by atoms with Crippen LogP contribution < -0.4 is 10.6 Å². The Morgan fingerprint density at radius 3 is 2.24 bits per heavy atom. The van der Waals surface area contributed by atoms with E-state index in [9.17, 15) is 19.6 Å². The molecule has 0 saturated carbocycles. The normalized spacial score (nSPS) is 15.3. The van der Waals surface area contributed by atoms with Gasteiger partial charge in [-0.05, 0) is 49.6 Å². The number of hydrogen-bond acceptors (Lipinski definition) is 5. The van der Waals surface area contributed by atoms with Crippen molar-refractivity contribution in [3.05, 3.63) is 71.3 Å². The number of carbonyl (C=O) groups excluding carboxylic acids is 3. The summed E-state index contributed by atoms with van der Waals surface area (Å²) in [4.78, 5) is 39.7. The van der Waals surface area contributed by atoms with Gasteiger partial charge in [-0.2, -0.15) is 0 Å². The molecule has 8 nitrogen and oxygen atoms in total. The van der Waals surface area contributed by atoms with Crippen molar-refractivity contribution in [1.29, 1.82) is 0 Å². The average Bonchev–Trinajstić information content (AvgIpc) is 3.09. The van der Waals surface area contributed by atoms with E-state index in [0.717, 1.165) is 21.6 Å². The van der Waals surface area contributed by atoms with Crippen LogP contribution in [0, 0.1) is 0 Å². The van der Waals surface area contributed by atoms with Gasteiger partial charge >= 0.3 is 0 Å². The fourth-order valence-electron chi connectivity index (χ4n) is 4.06. The summed E-state index contributed by atoms with van der Waals surface area (Å²) in [6.45, 7) is 3.21. The Morgan fingerprint density at radius 2 is 1.64 bits per heavy atom. The van der Waals surface area contributed by atoms with Crippen molar-refractivity contribution >= 4 is 23.9 Å². The van der Waals surface area contributed by atoms with E-state index in [1.165, 1.54) is 7.05 Å². The van der Waals surface area contributed by atoms with Crippen LogP contribution in [-0.2, 0) is 11.3 Å². The van der Waals surface area contributed by atoms with Gasteiger partial charge in [0, 0.05) is 12.6 Å². The molecule has 3 N–H and O–H groups in total. The average molecular weight is 452 g/mol. The number of fused-ring (bicyclic) bond motifs is 1. The first-order valence-corrected chi connectivity index (χ1v) is 11.1. The number of unbranched alkanes of at least 4 members (excludes halogenated alkanes) is 1. The topological polar surface area (TPSA) is 102 Å². The van der Waals surface area contributed by atoms with Crippen LogP contribution in [0.1, 0.15) is 52.5 Å². The highest BCUT2D eigenvalue weighted by molar-refractivity contribution is 6.23. The third-order valence-corrected chi connectivity index (χ3v) is 5.90. The van der Waals surface area contributed by atoms with E-state index < -0.39 is 17.4 Å². The van der Waals surface area contributed by atoms with Gasteiger partial charge in [-0.25, -0.2) is 0 Å². The van der Waals surface area contributed by atoms with E-state index in [0.29, 0.717) is 43.6 Å². The summed E-state index contributed by atoms with van der Waals surface area (Å²) in [5.74, 6) is -1.23. The van der Waals surface area contributed by atoms with Gasteiger partial charge in [-0.1, -0.05) is 42.5 Å². The van der Waals surface area contributed by atoms with Crippen LogP contribution in [0.2, 0.25) is 0 Å². The number of nitrogens with zero attached hydrogens (tertiary/aromatic N) is 2. The molecule has 0 spiro atoms. The number of carbonyl (C=O) groups is 3. The molecule has 3 amide bonds. The van der Waals surface area contributed by atoms with E-state index >= 15 is 0 Å². The van der Waals surface area contributed by atoms with Crippen LogP contribution in [0.25, 0.3) is 0 Å². The number of hydrogen-bond donors (Lipinski definition) is 3. The number of likely N-dealkylation sites (N-methyl/N-ethyl adjacent to an activating group) is 1. The second kappa shape index (κ2) is 10.9. The van der Waals surface area contributed by atoms with Crippen molar-refractivity contribution in [2.24, 2.45) is 0 Å². The van der Waals surface area contributed by atoms with Gasteiger partial charge in [-0.15, -0.1) is 0 Å². The summed E-state index contributed by atoms with van der Waals surface area (Å²) in [7, 11) is 1.51. The highest BCUT2D eigenvalue weighted by Gasteiger charge is 2.49. The highest BCUT2D eigenvalue weighted by atomic mass is 16.5. The summed E-state index contributed by atoms with van der Waals surface area (Å²) < 4.78 is 1.15. The molecule has 1 unspecified atom stereocenters. The maximum Gasteiger partial charge on any atom is 0.262 e. The predicted octanol–water partition coefficient (Wildman–Crippen LogP) is 2.22. The molecule has 2 aromatic carbocycles. The monoisotopic (exact) mass is 451 g/mol. The second-order valence-electron chi connectivity index (χ2n) is 8.27. The minimum atomic E-state index is -1.27. The van der Waals surface area contributed by atoms with Gasteiger partial charge in [-0.3, -0.25) is 24.5 Å². The lowest BCUT2D eigenvalue weighted by Crippen LogP contribution is -2.58. The van der Waals surface area contributed by atoms with Gasteiger partial charge in [0.2, 0.25) is 18.7 Å². The largest absolute Gasteiger partial charge is 0.357 e. The van der Waals surface area contributed by atoms with Crippen molar-refractivity contribution in [3.8, 4) is 0 Å². The molecule has 3 rings (SSSR count). The van der Waals surface area contributed by atoms with Crippen molar-refractivity contribution in [2.45, 2.75) is 38.3 Å². The van der Waals surface area contributed by atoms with Crippen molar-refractivity contribution in [3.63, 3.8) is 0 Å². The van der Waals surface area contributed by atoms with E-state index in [4.69, 9.17) is 0 Å². The summed E-state index contributed by atoms with van der Waals surface area (Å²) in [6.07, 6.45) is 3.40. The molecule has 1 aliphatic heterocycles. The fourth-order valence-corrected chi connectivity index (χ4v) is 4.06. The zero-order chi connectivity index (χ0) is 23.8. The van der Waals surface area contributed by atoms with Crippen molar-refractivity contribution in [1.82, 2.24) is 15.5 Å². The predicted molar refractivity (Wildman–Crippen MR) is 124 cm³/mol. The lowest BCUT2D eigenvalue weighted by atomic mass is 9.91. The van der Waals surface area contributed by atoms with Gasteiger partial charge in [0.25, 0.3) is 11.8 Å². The van der Waals surface area contributed by atoms with E-state index in [-0.39, 0.29) is 5.91 Å². The summed E-state index contributed by atoms with van der Waals surface area (Å²) in [5.41, 5.74) is 0.404. The van der Waals surface area contributed by atoms with Crippen LogP contribution in [0.5, 0.6) is 0 Å². The molecular formula is C25H31N4O4+. The molecule has 0 aliphatic carbocycles. The molecule has 2 aromatic rings. The Balaban J connectivity index is 1.51. The fraction of sp³-hybridized carbons (Fsp3) is 0.360. The zero-order valence-electron chi connectivity index (χ0n) is 19.1. The van der Waals surface area contributed by atoms with E-state index in [2.05, 4.69) is 10.6 Å². The van der Waals surface area contributed by atoms with Gasteiger partial charge in [0.05, 0.1) is 17.7 Å². The Labute approximate surface area is 193 Å². The van der Waals surface area contributed by atoms with Crippen LogP contribution in [-0.4, -0.2) is 64.5 Å². The highest BCUT2D eigenvalue weighted by Crippen LogP contribution is 2.32. The third-order valence-electron chi connectivity index (χ3n) is 5.90. The number of rotatable bonds is 11. The minimum absolute atomic E-state index is 0.332. The molecule has 33 heavy (non-hydrogen) atoms. The smallest absolute Gasteiger partial charge is 0.262 e. The molecule has 8 heteroatoms. The SMILES string of the molecule is CNC(=O)C(C)(CCCCNCC=[N+](O)Cc1ccccc1)N1C(=O)c2ccccc2C1=O. The first-order valence-electron chi connectivity index (χ1n) is 11.1. The van der Waals surface area contributed by atoms with Gasteiger partial charge in [0.1, 0.15) is 5.54 Å². The molecule has 0 radical (unpaired) electrons. The van der Waals surface area contributed by atoms with Crippen LogP contribution in [0.3, 0.4) is 0 Å². The molecule has 0 saturated heterocycles. The summed E-state index contributed by atoms with van der Waals surface area (Å²) in [6, 6.07) is 16.3. The second-order valence-corrected chi connectivity index (χ2v) is 8.27. The molecular weight excluding hydrogens is 420 g/mol. The quantitative estimate of drug-likeness (QED) is 0.121. The Kier molecular flexibility index (Phi) is 7.95. The Hall–Kier alpha value is -3.52. The van der Waals surface area contributed by atoms with Crippen molar-refractivity contribution < 1.29 is 24.3 Å². The van der Waals surface area contributed by atoms with Crippen molar-refractivity contribution in [2.75, 3.05) is 20.1 Å². The maximum atomic E-state index is 12.9. The van der Waals surface area contributed by atoms with Crippen LogP contribution >= 0.6 is 0 Å². The first-order chi connectivity index (χ1) is 15.9. The molecule has 0 aromatic heterocycles. The Morgan fingerprint density at radius 1 is 1.03 bits per heavy atom. The van der Waals surface area contributed by atoms with E-state index in [1.807, 2.05) is 30.3 Å². The number of imide groups is 1. The molecule has 1 aliphatic rings. The molecule has 1 heterocycles. The molecule has 0 bridgehead atoms. The third kappa shape index (κ3) is 5.46. The lowest BCUT2D eigenvalue weighted by molar-refractivity contribution is -0.784. The molecule has 0 fully saturated rings. The zero-order valence-corrected chi connectivity index (χ0v) is 19.1.